The molecule has 0 saturated carbocycles. The number of carbonyl (C=O) groups excluding carboxylic acids is 4. The van der Waals surface area contributed by atoms with Crippen LogP contribution in [0.1, 0.15) is 485 Å². The van der Waals surface area contributed by atoms with Gasteiger partial charge in [0.05, 0.1) is 26.4 Å². The van der Waals surface area contributed by atoms with Crippen molar-refractivity contribution in [3.63, 3.8) is 0 Å². The molecule has 17 nitrogen and oxygen atoms in total. The monoisotopic (exact) mass is 1610 g/mol. The lowest BCUT2D eigenvalue weighted by molar-refractivity contribution is -0.161. The number of ether oxygens (including phenoxy) is 4. The fourth-order valence-corrected chi connectivity index (χ4v) is 15.8. The summed E-state index contributed by atoms with van der Waals surface area (Å²) in [6.45, 7) is 12.1. The second-order valence-corrected chi connectivity index (χ2v) is 37.0. The second-order valence-electron chi connectivity index (χ2n) is 34.1. The van der Waals surface area contributed by atoms with E-state index in [1.807, 2.05) is 0 Å². The lowest BCUT2D eigenvalue weighted by Crippen LogP contribution is -2.30. The van der Waals surface area contributed by atoms with Crippen LogP contribution in [0.2, 0.25) is 0 Å². The van der Waals surface area contributed by atoms with Crippen LogP contribution >= 0.6 is 15.6 Å². The van der Waals surface area contributed by atoms with Gasteiger partial charge in [-0.2, -0.15) is 0 Å². The number of phosphoric ester groups is 2. The van der Waals surface area contributed by atoms with E-state index in [4.69, 9.17) is 37.0 Å². The van der Waals surface area contributed by atoms with E-state index in [0.29, 0.717) is 25.7 Å². The molecular formula is C91H178O17P2. The average Bonchev–Trinajstić information content (AvgIpc) is 0.900. The van der Waals surface area contributed by atoms with E-state index in [0.717, 1.165) is 120 Å². The Hall–Kier alpha value is -1.94. The lowest BCUT2D eigenvalue weighted by Gasteiger charge is -2.21. The largest absolute Gasteiger partial charge is 0.472 e. The maximum absolute atomic E-state index is 13.2. The molecule has 3 N–H and O–H groups in total. The minimum absolute atomic E-state index is 0.108. The van der Waals surface area contributed by atoms with E-state index in [1.165, 1.54) is 283 Å². The Labute approximate surface area is 677 Å². The molecule has 0 saturated heterocycles. The van der Waals surface area contributed by atoms with Crippen LogP contribution in [0.5, 0.6) is 0 Å². The number of aliphatic hydroxyl groups is 1. The minimum Gasteiger partial charge on any atom is -0.462 e. The molecular weight excluding hydrogens is 1430 g/mol. The first-order chi connectivity index (χ1) is 53.2. The molecule has 2 unspecified atom stereocenters. The number of rotatable bonds is 89. The van der Waals surface area contributed by atoms with Gasteiger partial charge in [-0.05, 0) is 43.4 Å². The van der Waals surface area contributed by atoms with Crippen molar-refractivity contribution in [1.29, 1.82) is 0 Å². The van der Waals surface area contributed by atoms with Crippen molar-refractivity contribution in [2.75, 3.05) is 39.6 Å². The van der Waals surface area contributed by atoms with E-state index in [9.17, 15) is 43.2 Å². The van der Waals surface area contributed by atoms with Gasteiger partial charge in [0.1, 0.15) is 19.3 Å². The van der Waals surface area contributed by atoms with Gasteiger partial charge >= 0.3 is 39.5 Å². The fourth-order valence-electron chi connectivity index (χ4n) is 14.3. The van der Waals surface area contributed by atoms with Gasteiger partial charge in [0, 0.05) is 25.7 Å². The lowest BCUT2D eigenvalue weighted by atomic mass is 10.0. The topological polar surface area (TPSA) is 237 Å². The summed E-state index contributed by atoms with van der Waals surface area (Å²) in [6, 6.07) is 0. The van der Waals surface area contributed by atoms with E-state index >= 15 is 0 Å². The van der Waals surface area contributed by atoms with Gasteiger partial charge in [0.2, 0.25) is 0 Å². The van der Waals surface area contributed by atoms with E-state index in [1.54, 1.807) is 0 Å². The summed E-state index contributed by atoms with van der Waals surface area (Å²) < 4.78 is 68.9. The molecule has 0 aliphatic heterocycles. The molecule has 19 heteroatoms. The maximum atomic E-state index is 13.2. The Bertz CT molecular complexity index is 2110. The zero-order valence-electron chi connectivity index (χ0n) is 72.7. The third-order valence-electron chi connectivity index (χ3n) is 21.4. The molecule has 0 fully saturated rings. The molecule has 654 valence electrons. The molecule has 0 rings (SSSR count). The van der Waals surface area contributed by atoms with Crippen molar-refractivity contribution in [2.45, 2.75) is 503 Å². The second kappa shape index (κ2) is 80.8. The number of esters is 4. The molecule has 110 heavy (non-hydrogen) atoms. The Morgan fingerprint density at radius 3 is 0.618 bits per heavy atom. The Balaban J connectivity index is 5.14. The SMILES string of the molecule is CCCCCCCCCC(=O)OC[C@H](COP(=O)(O)OC[C@H](O)COP(=O)(O)OC[C@@H](COC(=O)CCCCCCCCCCCCCCCCCCCCC(C)C)OC(=O)CCCCCCCCCCCCCCCCCCCCC(C)C)OC(=O)CCCCCCCCCCCCCCCCCCCCC(C)C. The van der Waals surface area contributed by atoms with E-state index in [-0.39, 0.29) is 25.7 Å². The zero-order chi connectivity index (χ0) is 80.8. The summed E-state index contributed by atoms with van der Waals surface area (Å²) in [6.07, 6.45) is 74.0. The Morgan fingerprint density at radius 1 is 0.245 bits per heavy atom. The maximum Gasteiger partial charge on any atom is 0.472 e. The minimum atomic E-state index is -4.97. The predicted molar refractivity (Wildman–Crippen MR) is 455 cm³/mol. The normalized spacial score (nSPS) is 13.8. The van der Waals surface area contributed by atoms with Crippen LogP contribution in [0.15, 0.2) is 0 Å². The molecule has 0 spiro atoms. The molecule has 0 amide bonds. The van der Waals surface area contributed by atoms with Crippen molar-refractivity contribution in [3.05, 3.63) is 0 Å². The van der Waals surface area contributed by atoms with Crippen molar-refractivity contribution in [2.24, 2.45) is 17.8 Å². The van der Waals surface area contributed by atoms with Crippen LogP contribution in [0.4, 0.5) is 0 Å². The first kappa shape index (κ1) is 108. The van der Waals surface area contributed by atoms with E-state index in [2.05, 4.69) is 48.5 Å². The summed E-state index contributed by atoms with van der Waals surface area (Å²) >= 11 is 0. The number of phosphoric acid groups is 2. The van der Waals surface area contributed by atoms with Gasteiger partial charge in [-0.3, -0.25) is 37.3 Å². The zero-order valence-corrected chi connectivity index (χ0v) is 74.5. The van der Waals surface area contributed by atoms with Gasteiger partial charge in [0.25, 0.3) is 0 Å². The van der Waals surface area contributed by atoms with Gasteiger partial charge < -0.3 is 33.8 Å². The van der Waals surface area contributed by atoms with Crippen molar-refractivity contribution < 1.29 is 80.2 Å². The highest BCUT2D eigenvalue weighted by atomic mass is 31.2. The van der Waals surface area contributed by atoms with Crippen LogP contribution in [-0.2, 0) is 65.4 Å². The smallest absolute Gasteiger partial charge is 0.462 e. The highest BCUT2D eigenvalue weighted by molar-refractivity contribution is 7.47. The van der Waals surface area contributed by atoms with Crippen LogP contribution in [0.3, 0.4) is 0 Å². The molecule has 0 aromatic rings. The number of aliphatic hydroxyl groups excluding tert-OH is 1. The van der Waals surface area contributed by atoms with E-state index < -0.39 is 97.5 Å². The van der Waals surface area contributed by atoms with Crippen LogP contribution in [-0.4, -0.2) is 96.7 Å². The summed E-state index contributed by atoms with van der Waals surface area (Å²) in [5.74, 6) is 0.360. The van der Waals surface area contributed by atoms with Crippen molar-refractivity contribution in [3.8, 4) is 0 Å². The Morgan fingerprint density at radius 2 is 0.418 bits per heavy atom. The molecule has 0 radical (unpaired) electrons. The van der Waals surface area contributed by atoms with Gasteiger partial charge in [-0.1, -0.05) is 434 Å². The number of hydrogen-bond donors (Lipinski definition) is 3. The highest BCUT2D eigenvalue weighted by Crippen LogP contribution is 2.45. The third kappa shape index (κ3) is 84.0. The third-order valence-corrected chi connectivity index (χ3v) is 23.3. The summed E-state index contributed by atoms with van der Waals surface area (Å²) in [5.41, 5.74) is 0. The molecule has 0 bridgehead atoms. The predicted octanol–water partition coefficient (Wildman–Crippen LogP) is 28.0. The fraction of sp³-hybridized carbons (Fsp3) is 0.956. The quantitative estimate of drug-likeness (QED) is 0.0222. The molecule has 0 aromatic carbocycles. The number of carbonyl (C=O) groups is 4. The van der Waals surface area contributed by atoms with Gasteiger partial charge in [-0.15, -0.1) is 0 Å². The average molecular weight is 1610 g/mol. The van der Waals surface area contributed by atoms with Crippen LogP contribution in [0.25, 0.3) is 0 Å². The molecule has 5 atom stereocenters. The summed E-state index contributed by atoms with van der Waals surface area (Å²) in [4.78, 5) is 73.2. The molecule has 0 aromatic heterocycles. The van der Waals surface area contributed by atoms with Gasteiger partial charge in [-0.25, -0.2) is 9.13 Å². The standard InChI is InChI=1S/C91H178O17P2/c1-8-9-10-11-48-58-65-72-88(93)101-78-86(107-90(95)74-67-60-53-46-40-34-28-22-16-13-19-25-31-37-43-50-56-63-70-83(4)5)80-105-109(97,98)103-76-85(92)77-104-110(99,100)106-81-87(108-91(96)75-68-61-54-47-41-35-29-23-17-14-20-26-32-38-44-51-57-64-71-84(6)7)79-102-89(94)73-66-59-52-45-39-33-27-21-15-12-18-24-30-36-42-49-55-62-69-82(2)3/h82-87,92H,8-81H2,1-7H3,(H,97,98)(H,99,100)/t85-,86+,87+/m0/s1. The summed E-state index contributed by atoms with van der Waals surface area (Å²) in [7, 11) is -9.93. The van der Waals surface area contributed by atoms with Crippen molar-refractivity contribution in [1.82, 2.24) is 0 Å². The van der Waals surface area contributed by atoms with Crippen molar-refractivity contribution >= 4 is 39.5 Å². The van der Waals surface area contributed by atoms with Crippen LogP contribution in [0, 0.1) is 17.8 Å². The first-order valence-electron chi connectivity index (χ1n) is 46.8. The van der Waals surface area contributed by atoms with Crippen LogP contribution < -0.4 is 0 Å². The highest BCUT2D eigenvalue weighted by Gasteiger charge is 2.31. The molecule has 0 heterocycles. The first-order valence-corrected chi connectivity index (χ1v) is 49.8. The number of unbranched alkanes of at least 4 members (excludes halogenated alkanes) is 57. The Kier molecular flexibility index (Phi) is 79.4. The molecule has 0 aliphatic carbocycles. The number of hydrogen-bond acceptors (Lipinski definition) is 15. The van der Waals surface area contributed by atoms with Gasteiger partial charge in [0.15, 0.2) is 12.2 Å². The summed E-state index contributed by atoms with van der Waals surface area (Å²) in [5, 5.41) is 10.7. The molecule has 0 aliphatic rings.